The van der Waals surface area contributed by atoms with Crippen molar-refractivity contribution >= 4 is 40.9 Å². The normalized spacial score (nSPS) is 10.0. The van der Waals surface area contributed by atoms with Gasteiger partial charge in [-0.2, -0.15) is 0 Å². The van der Waals surface area contributed by atoms with Gasteiger partial charge in [-0.1, -0.05) is 6.07 Å². The van der Waals surface area contributed by atoms with E-state index in [4.69, 9.17) is 9.47 Å². The highest BCUT2D eigenvalue weighted by Gasteiger charge is 2.16. The standard InChI is InChI=1S/C19H20N2O5S/c1-12(22)20-13-5-4-6-14(9-13)21-18(23)11-26-19(24)16-8-7-15(27-3)10-17(16)25-2/h4-10H,11H2,1-3H3,(H,20,22)(H,21,23). The molecule has 0 spiro atoms. The second-order valence-corrected chi connectivity index (χ2v) is 6.33. The number of methoxy groups -OCH3 is 1. The monoisotopic (exact) mass is 388 g/mol. The van der Waals surface area contributed by atoms with Crippen LogP contribution in [0.3, 0.4) is 0 Å². The predicted molar refractivity (Wildman–Crippen MR) is 104 cm³/mol. The summed E-state index contributed by atoms with van der Waals surface area (Å²) >= 11 is 1.52. The zero-order chi connectivity index (χ0) is 19.8. The minimum Gasteiger partial charge on any atom is -0.496 e. The zero-order valence-corrected chi connectivity index (χ0v) is 16.0. The van der Waals surface area contributed by atoms with Crippen molar-refractivity contribution in [2.45, 2.75) is 11.8 Å². The number of hydrogen-bond donors (Lipinski definition) is 2. The number of anilines is 2. The molecule has 0 fully saturated rings. The van der Waals surface area contributed by atoms with Crippen LogP contribution >= 0.6 is 11.8 Å². The lowest BCUT2D eigenvalue weighted by atomic mass is 10.2. The van der Waals surface area contributed by atoms with Gasteiger partial charge in [-0.3, -0.25) is 9.59 Å². The van der Waals surface area contributed by atoms with Gasteiger partial charge in [0.2, 0.25) is 5.91 Å². The van der Waals surface area contributed by atoms with Crippen LogP contribution in [-0.2, 0) is 14.3 Å². The maximum Gasteiger partial charge on any atom is 0.342 e. The molecule has 0 aliphatic rings. The largest absolute Gasteiger partial charge is 0.496 e. The van der Waals surface area contributed by atoms with Crippen LogP contribution < -0.4 is 15.4 Å². The maximum atomic E-state index is 12.2. The number of rotatable bonds is 7. The van der Waals surface area contributed by atoms with Crippen molar-refractivity contribution in [1.82, 2.24) is 0 Å². The third-order valence-corrected chi connectivity index (χ3v) is 4.15. The van der Waals surface area contributed by atoms with Crippen LogP contribution in [0.1, 0.15) is 17.3 Å². The molecule has 0 heterocycles. The summed E-state index contributed by atoms with van der Waals surface area (Å²) in [5, 5.41) is 5.23. The van der Waals surface area contributed by atoms with Crippen LogP contribution in [0.4, 0.5) is 11.4 Å². The number of carbonyl (C=O) groups excluding carboxylic acids is 3. The van der Waals surface area contributed by atoms with Crippen molar-refractivity contribution in [3.05, 3.63) is 48.0 Å². The molecule has 2 aromatic rings. The predicted octanol–water partition coefficient (Wildman–Crippen LogP) is 3.17. The molecular formula is C19H20N2O5S. The molecule has 0 aliphatic heterocycles. The van der Waals surface area contributed by atoms with Crippen molar-refractivity contribution in [3.8, 4) is 5.75 Å². The van der Waals surface area contributed by atoms with Gasteiger partial charge in [-0.25, -0.2) is 4.79 Å². The van der Waals surface area contributed by atoms with E-state index in [1.165, 1.54) is 25.8 Å². The molecule has 7 nitrogen and oxygen atoms in total. The smallest absolute Gasteiger partial charge is 0.342 e. The van der Waals surface area contributed by atoms with Gasteiger partial charge in [-0.05, 0) is 42.7 Å². The lowest BCUT2D eigenvalue weighted by Gasteiger charge is -2.11. The molecule has 0 saturated carbocycles. The Morgan fingerprint density at radius 3 is 2.37 bits per heavy atom. The first-order valence-corrected chi connectivity index (χ1v) is 9.22. The molecule has 142 valence electrons. The quantitative estimate of drug-likeness (QED) is 0.559. The zero-order valence-electron chi connectivity index (χ0n) is 15.2. The van der Waals surface area contributed by atoms with Crippen molar-refractivity contribution in [2.24, 2.45) is 0 Å². The fraction of sp³-hybridized carbons (Fsp3) is 0.211. The lowest BCUT2D eigenvalue weighted by molar-refractivity contribution is -0.119. The first-order valence-electron chi connectivity index (χ1n) is 7.99. The number of esters is 1. The van der Waals surface area contributed by atoms with Gasteiger partial charge in [-0.15, -0.1) is 11.8 Å². The summed E-state index contributed by atoms with van der Waals surface area (Å²) in [5.74, 6) is -0.978. The number of nitrogens with one attached hydrogen (secondary N) is 2. The van der Waals surface area contributed by atoms with Gasteiger partial charge in [0.25, 0.3) is 5.91 Å². The average molecular weight is 388 g/mol. The van der Waals surface area contributed by atoms with Gasteiger partial charge in [0.05, 0.1) is 7.11 Å². The number of amides is 2. The summed E-state index contributed by atoms with van der Waals surface area (Å²) in [6, 6.07) is 11.8. The SMILES string of the molecule is COc1cc(SC)ccc1C(=O)OCC(=O)Nc1cccc(NC(C)=O)c1. The highest BCUT2D eigenvalue weighted by atomic mass is 32.2. The summed E-state index contributed by atoms with van der Waals surface area (Å²) in [6.45, 7) is 0.946. The van der Waals surface area contributed by atoms with E-state index in [0.29, 0.717) is 17.1 Å². The Hall–Kier alpha value is -3.00. The molecule has 27 heavy (non-hydrogen) atoms. The third kappa shape index (κ3) is 6.03. The van der Waals surface area contributed by atoms with Crippen molar-refractivity contribution in [1.29, 1.82) is 0 Å². The Kier molecular flexibility index (Phi) is 7.25. The number of ether oxygens (including phenoxy) is 2. The van der Waals surface area contributed by atoms with Crippen LogP contribution in [0.5, 0.6) is 5.75 Å². The molecular weight excluding hydrogens is 368 g/mol. The highest BCUT2D eigenvalue weighted by Crippen LogP contribution is 2.26. The molecule has 0 aromatic heterocycles. The second-order valence-electron chi connectivity index (χ2n) is 5.45. The maximum absolute atomic E-state index is 12.2. The molecule has 0 saturated heterocycles. The van der Waals surface area contributed by atoms with Crippen LogP contribution in [0.25, 0.3) is 0 Å². The fourth-order valence-electron chi connectivity index (χ4n) is 2.25. The van der Waals surface area contributed by atoms with Gasteiger partial charge >= 0.3 is 5.97 Å². The minimum absolute atomic E-state index is 0.214. The van der Waals surface area contributed by atoms with Crippen molar-refractivity contribution < 1.29 is 23.9 Å². The molecule has 8 heteroatoms. The molecule has 0 atom stereocenters. The molecule has 2 rings (SSSR count). The summed E-state index contributed by atoms with van der Waals surface area (Å²) < 4.78 is 10.3. The molecule has 0 aliphatic carbocycles. The first kappa shape index (κ1) is 20.3. The Labute approximate surface area is 161 Å². The fourth-order valence-corrected chi connectivity index (χ4v) is 2.68. The molecule has 2 amide bonds. The molecule has 0 bridgehead atoms. The average Bonchev–Trinajstić information content (AvgIpc) is 2.65. The topological polar surface area (TPSA) is 93.7 Å². The summed E-state index contributed by atoms with van der Waals surface area (Å²) in [6.07, 6.45) is 1.91. The molecule has 2 N–H and O–H groups in total. The van der Waals surface area contributed by atoms with E-state index in [0.717, 1.165) is 4.90 Å². The Morgan fingerprint density at radius 2 is 1.74 bits per heavy atom. The summed E-state index contributed by atoms with van der Waals surface area (Å²) in [7, 11) is 1.46. The van der Waals surface area contributed by atoms with E-state index < -0.39 is 18.5 Å². The van der Waals surface area contributed by atoms with E-state index >= 15 is 0 Å². The van der Waals surface area contributed by atoms with Gasteiger partial charge in [0.1, 0.15) is 11.3 Å². The van der Waals surface area contributed by atoms with Crippen LogP contribution in [0, 0.1) is 0 Å². The minimum atomic E-state index is -0.651. The Balaban J connectivity index is 1.95. The van der Waals surface area contributed by atoms with Crippen LogP contribution in [0.2, 0.25) is 0 Å². The number of hydrogen-bond acceptors (Lipinski definition) is 6. The molecule has 0 radical (unpaired) electrons. The van der Waals surface area contributed by atoms with E-state index in [-0.39, 0.29) is 11.5 Å². The van der Waals surface area contributed by atoms with E-state index in [9.17, 15) is 14.4 Å². The third-order valence-electron chi connectivity index (χ3n) is 3.43. The van der Waals surface area contributed by atoms with Gasteiger partial charge in [0.15, 0.2) is 6.61 Å². The number of benzene rings is 2. The van der Waals surface area contributed by atoms with Crippen molar-refractivity contribution in [3.63, 3.8) is 0 Å². The molecule has 2 aromatic carbocycles. The summed E-state index contributed by atoms with van der Waals surface area (Å²) in [5.41, 5.74) is 1.27. The lowest BCUT2D eigenvalue weighted by Crippen LogP contribution is -2.21. The van der Waals surface area contributed by atoms with Crippen LogP contribution in [0.15, 0.2) is 47.4 Å². The Morgan fingerprint density at radius 1 is 1.04 bits per heavy atom. The van der Waals surface area contributed by atoms with Gasteiger partial charge < -0.3 is 20.1 Å². The van der Waals surface area contributed by atoms with E-state index in [1.54, 1.807) is 42.5 Å². The molecule has 0 unspecified atom stereocenters. The first-order chi connectivity index (χ1) is 12.9. The van der Waals surface area contributed by atoms with Gasteiger partial charge in [0, 0.05) is 23.2 Å². The summed E-state index contributed by atoms with van der Waals surface area (Å²) in [4.78, 5) is 36.3. The number of carbonyl (C=O) groups is 3. The second kappa shape index (κ2) is 9.63. The van der Waals surface area contributed by atoms with Crippen molar-refractivity contribution in [2.75, 3.05) is 30.6 Å². The van der Waals surface area contributed by atoms with E-state index in [2.05, 4.69) is 10.6 Å². The van der Waals surface area contributed by atoms with Crippen LogP contribution in [-0.4, -0.2) is 37.8 Å². The highest BCUT2D eigenvalue weighted by molar-refractivity contribution is 7.98. The Bertz CT molecular complexity index is 854. The number of thioether (sulfide) groups is 1. The van der Waals surface area contributed by atoms with E-state index in [1.807, 2.05) is 6.26 Å².